The predicted molar refractivity (Wildman–Crippen MR) is 75.6 cm³/mol. The van der Waals surface area contributed by atoms with E-state index in [9.17, 15) is 4.79 Å². The molecule has 1 aromatic carbocycles. The van der Waals surface area contributed by atoms with Crippen molar-refractivity contribution in [3.8, 4) is 5.69 Å². The zero-order chi connectivity index (χ0) is 13.9. The van der Waals surface area contributed by atoms with Gasteiger partial charge in [-0.15, -0.1) is 0 Å². The van der Waals surface area contributed by atoms with E-state index in [0.29, 0.717) is 12.8 Å². The lowest BCUT2D eigenvalue weighted by atomic mass is 10.0. The maximum atomic E-state index is 11.1. The van der Waals surface area contributed by atoms with Crippen LogP contribution in [0.15, 0.2) is 47.8 Å². The Morgan fingerprint density at radius 1 is 1.20 bits per heavy atom. The van der Waals surface area contributed by atoms with Crippen molar-refractivity contribution in [2.75, 3.05) is 0 Å². The molecule has 5 heteroatoms. The number of hydrogen-bond donors (Lipinski definition) is 2. The second-order valence-corrected chi connectivity index (χ2v) is 4.73. The number of nitrogens with zero attached hydrogens (tertiary/aromatic N) is 2. The summed E-state index contributed by atoms with van der Waals surface area (Å²) in [5, 5.41) is 13.1. The van der Waals surface area contributed by atoms with Crippen LogP contribution in [0.1, 0.15) is 24.0 Å². The number of aromatic nitrogens is 1. The summed E-state index contributed by atoms with van der Waals surface area (Å²) in [5.74, 6) is -0.0331. The number of aliphatic hydroxyl groups is 1. The Balaban J connectivity index is 1.82. The first-order valence-corrected chi connectivity index (χ1v) is 6.50. The maximum Gasteiger partial charge on any atom is 0.240 e. The smallest absolute Gasteiger partial charge is 0.240 e. The standard InChI is InChI=1S/C15H15N3O2/c19-10-11-7-8-18(9-11)13-3-1-12(2-4-13)14-5-6-15(20)17-16-14/h1-4,7-9,19H,5-6,10H2,(H,17,20). The van der Waals surface area contributed by atoms with Crippen molar-refractivity contribution in [1.29, 1.82) is 0 Å². The predicted octanol–water partition coefficient (Wildman–Crippen LogP) is 1.58. The lowest BCUT2D eigenvalue weighted by molar-refractivity contribution is -0.121. The molecule has 0 aliphatic carbocycles. The molecule has 1 aromatic heterocycles. The molecule has 1 aliphatic rings. The Labute approximate surface area is 116 Å². The normalized spacial score (nSPS) is 14.8. The Bertz CT molecular complexity index is 656. The first-order valence-electron chi connectivity index (χ1n) is 6.50. The Kier molecular flexibility index (Phi) is 3.35. The van der Waals surface area contributed by atoms with Crippen LogP contribution in [0.5, 0.6) is 0 Å². The van der Waals surface area contributed by atoms with Gasteiger partial charge in [0.1, 0.15) is 0 Å². The topological polar surface area (TPSA) is 66.6 Å². The molecule has 0 fully saturated rings. The number of hydrogen-bond acceptors (Lipinski definition) is 3. The molecule has 0 bridgehead atoms. The van der Waals surface area contributed by atoms with E-state index in [1.807, 2.05) is 47.3 Å². The molecule has 2 N–H and O–H groups in total. The molecule has 0 unspecified atom stereocenters. The van der Waals surface area contributed by atoms with Crippen LogP contribution >= 0.6 is 0 Å². The molecule has 2 aromatic rings. The highest BCUT2D eigenvalue weighted by Crippen LogP contribution is 2.15. The first-order chi connectivity index (χ1) is 9.76. The number of amides is 1. The van der Waals surface area contributed by atoms with Gasteiger partial charge in [-0.1, -0.05) is 12.1 Å². The Morgan fingerprint density at radius 2 is 2.00 bits per heavy atom. The van der Waals surface area contributed by atoms with Crippen molar-refractivity contribution >= 4 is 11.6 Å². The average Bonchev–Trinajstić information content (AvgIpc) is 2.97. The van der Waals surface area contributed by atoms with Gasteiger partial charge in [0.2, 0.25) is 5.91 Å². The molecular formula is C15H15N3O2. The molecule has 0 spiro atoms. The summed E-state index contributed by atoms with van der Waals surface area (Å²) in [6.45, 7) is 0.0432. The molecule has 3 rings (SSSR count). The molecule has 0 atom stereocenters. The van der Waals surface area contributed by atoms with Crippen molar-refractivity contribution < 1.29 is 9.90 Å². The highest BCUT2D eigenvalue weighted by Gasteiger charge is 2.13. The van der Waals surface area contributed by atoms with Crippen LogP contribution in [0.2, 0.25) is 0 Å². The molecule has 20 heavy (non-hydrogen) atoms. The summed E-state index contributed by atoms with van der Waals surface area (Å²) in [4.78, 5) is 11.1. The van der Waals surface area contributed by atoms with Gasteiger partial charge in [-0.3, -0.25) is 4.79 Å². The third-order valence-corrected chi connectivity index (χ3v) is 3.34. The maximum absolute atomic E-state index is 11.1. The van der Waals surface area contributed by atoms with E-state index in [-0.39, 0.29) is 12.5 Å². The van der Waals surface area contributed by atoms with E-state index in [4.69, 9.17) is 5.11 Å². The van der Waals surface area contributed by atoms with Crippen LogP contribution < -0.4 is 5.43 Å². The molecule has 0 radical (unpaired) electrons. The van der Waals surface area contributed by atoms with E-state index in [0.717, 1.165) is 22.5 Å². The zero-order valence-corrected chi connectivity index (χ0v) is 10.9. The average molecular weight is 269 g/mol. The number of carbonyl (C=O) groups is 1. The molecule has 5 nitrogen and oxygen atoms in total. The number of rotatable bonds is 3. The number of aliphatic hydroxyl groups excluding tert-OH is 1. The van der Waals surface area contributed by atoms with Gasteiger partial charge in [0, 0.05) is 30.9 Å². The third kappa shape index (κ3) is 2.48. The first kappa shape index (κ1) is 12.6. The molecule has 102 valence electrons. The highest BCUT2D eigenvalue weighted by atomic mass is 16.3. The van der Waals surface area contributed by atoms with Gasteiger partial charge in [0.05, 0.1) is 12.3 Å². The lowest BCUT2D eigenvalue weighted by Crippen LogP contribution is -2.25. The van der Waals surface area contributed by atoms with Crippen LogP contribution in [-0.2, 0) is 11.4 Å². The summed E-state index contributed by atoms with van der Waals surface area (Å²) in [6, 6.07) is 9.86. The van der Waals surface area contributed by atoms with Gasteiger partial charge in [-0.2, -0.15) is 5.10 Å². The SMILES string of the molecule is O=C1CCC(c2ccc(-n3ccc(CO)c3)cc2)=NN1. The van der Waals surface area contributed by atoms with Crippen molar-refractivity contribution in [2.45, 2.75) is 19.4 Å². The van der Waals surface area contributed by atoms with Crippen molar-refractivity contribution in [3.05, 3.63) is 53.9 Å². The summed E-state index contributed by atoms with van der Waals surface area (Å²) in [7, 11) is 0. The fourth-order valence-electron chi connectivity index (χ4n) is 2.20. The third-order valence-electron chi connectivity index (χ3n) is 3.34. The van der Waals surface area contributed by atoms with Crippen LogP contribution in [0.3, 0.4) is 0 Å². The molecule has 0 saturated heterocycles. The van der Waals surface area contributed by atoms with E-state index >= 15 is 0 Å². The lowest BCUT2D eigenvalue weighted by Gasteiger charge is -2.12. The van der Waals surface area contributed by atoms with Crippen LogP contribution in [0.4, 0.5) is 0 Å². The van der Waals surface area contributed by atoms with Gasteiger partial charge < -0.3 is 9.67 Å². The molecular weight excluding hydrogens is 254 g/mol. The number of hydrazone groups is 1. The van der Waals surface area contributed by atoms with E-state index in [1.54, 1.807) is 0 Å². The van der Waals surface area contributed by atoms with Gasteiger partial charge >= 0.3 is 0 Å². The molecule has 1 aliphatic heterocycles. The molecule has 1 amide bonds. The van der Waals surface area contributed by atoms with Crippen molar-refractivity contribution in [2.24, 2.45) is 5.10 Å². The van der Waals surface area contributed by atoms with E-state index in [2.05, 4.69) is 10.5 Å². The Morgan fingerprint density at radius 3 is 2.60 bits per heavy atom. The van der Waals surface area contributed by atoms with Gasteiger partial charge in [-0.25, -0.2) is 5.43 Å². The number of carbonyl (C=O) groups excluding carboxylic acids is 1. The Hall–Kier alpha value is -2.40. The van der Waals surface area contributed by atoms with E-state index in [1.165, 1.54) is 0 Å². The van der Waals surface area contributed by atoms with Crippen molar-refractivity contribution in [1.82, 2.24) is 9.99 Å². The van der Waals surface area contributed by atoms with Gasteiger partial charge in [0.15, 0.2) is 0 Å². The quantitative estimate of drug-likeness (QED) is 0.888. The summed E-state index contributed by atoms with van der Waals surface area (Å²) in [5.41, 5.74) is 6.33. The van der Waals surface area contributed by atoms with Gasteiger partial charge in [0.25, 0.3) is 0 Å². The summed E-state index contributed by atoms with van der Waals surface area (Å²) < 4.78 is 1.96. The van der Waals surface area contributed by atoms with Gasteiger partial charge in [-0.05, 0) is 29.3 Å². The van der Waals surface area contributed by atoms with Crippen LogP contribution in [-0.4, -0.2) is 21.3 Å². The number of nitrogens with one attached hydrogen (secondary N) is 1. The molecule has 2 heterocycles. The fraction of sp³-hybridized carbons (Fsp3) is 0.200. The highest BCUT2D eigenvalue weighted by molar-refractivity contribution is 6.04. The minimum absolute atomic E-state index is 0.0331. The van der Waals surface area contributed by atoms with Crippen LogP contribution in [0, 0.1) is 0 Å². The van der Waals surface area contributed by atoms with E-state index < -0.39 is 0 Å². The second-order valence-electron chi connectivity index (χ2n) is 4.73. The summed E-state index contributed by atoms with van der Waals surface area (Å²) >= 11 is 0. The number of benzene rings is 1. The minimum Gasteiger partial charge on any atom is -0.392 e. The monoisotopic (exact) mass is 269 g/mol. The van der Waals surface area contributed by atoms with Crippen LogP contribution in [0.25, 0.3) is 5.69 Å². The second kappa shape index (κ2) is 5.30. The zero-order valence-electron chi connectivity index (χ0n) is 10.9. The largest absolute Gasteiger partial charge is 0.392 e. The minimum atomic E-state index is -0.0331. The fourth-order valence-corrected chi connectivity index (χ4v) is 2.20. The summed E-state index contributed by atoms with van der Waals surface area (Å²) in [6.07, 6.45) is 4.97. The van der Waals surface area contributed by atoms with Crippen molar-refractivity contribution in [3.63, 3.8) is 0 Å². The molecule has 0 saturated carbocycles.